The number of benzene rings is 1. The molecular weight excluding hydrogens is 299 g/mol. The van der Waals surface area contributed by atoms with Gasteiger partial charge < -0.3 is 15.1 Å². The number of likely N-dealkylation sites (tertiary alicyclic amines) is 1. The zero-order valence-electron chi connectivity index (χ0n) is 11.6. The Bertz CT molecular complexity index is 554. The number of carbonyl (C=O) groups is 1. The Morgan fingerprint density at radius 2 is 1.82 bits per heavy atom. The first-order valence-corrected chi connectivity index (χ1v) is 6.78. The van der Waals surface area contributed by atoms with E-state index in [9.17, 15) is 28.2 Å². The Labute approximate surface area is 125 Å². The van der Waals surface area contributed by atoms with E-state index in [1.807, 2.05) is 0 Å². The summed E-state index contributed by atoms with van der Waals surface area (Å²) in [5, 5.41) is 18.9. The minimum absolute atomic E-state index is 0.0390. The van der Waals surface area contributed by atoms with Gasteiger partial charge in [-0.3, -0.25) is 4.79 Å². The Morgan fingerprint density at radius 3 is 2.36 bits per heavy atom. The molecule has 0 bridgehead atoms. The number of halogens is 3. The number of piperidine rings is 1. The van der Waals surface area contributed by atoms with Gasteiger partial charge in [0, 0.05) is 19.2 Å². The summed E-state index contributed by atoms with van der Waals surface area (Å²) in [5.41, 5.74) is -0.275. The van der Waals surface area contributed by atoms with Gasteiger partial charge >= 0.3 is 6.18 Å². The fourth-order valence-electron chi connectivity index (χ4n) is 2.18. The van der Waals surface area contributed by atoms with E-state index in [1.54, 1.807) is 0 Å². The summed E-state index contributed by atoms with van der Waals surface area (Å²) in [6.07, 6.45) is -3.24. The molecule has 1 aliphatic heterocycles. The number of nitrogens with zero attached hydrogens (tertiary/aromatic N) is 1. The molecule has 22 heavy (non-hydrogen) atoms. The van der Waals surface area contributed by atoms with Gasteiger partial charge in [0.05, 0.1) is 17.8 Å². The van der Waals surface area contributed by atoms with Crippen LogP contribution in [0.1, 0.15) is 17.5 Å². The van der Waals surface area contributed by atoms with Crippen molar-refractivity contribution < 1.29 is 28.2 Å². The Kier molecular flexibility index (Phi) is 4.87. The van der Waals surface area contributed by atoms with Crippen LogP contribution >= 0.6 is 0 Å². The summed E-state index contributed by atoms with van der Waals surface area (Å²) in [6, 6.07) is 4.46. The summed E-state index contributed by atoms with van der Waals surface area (Å²) in [6.45, 7) is 0.367. The van der Waals surface area contributed by atoms with Gasteiger partial charge in [-0.1, -0.05) is 12.1 Å². The van der Waals surface area contributed by atoms with Crippen LogP contribution < -0.4 is 0 Å². The number of hydrogen-bond donors (Lipinski definition) is 2. The Hall–Kier alpha value is -1.86. The number of carbonyl (C=O) groups excluding carboxylic acids is 1. The van der Waals surface area contributed by atoms with Crippen molar-refractivity contribution in [3.63, 3.8) is 0 Å². The van der Waals surface area contributed by atoms with Gasteiger partial charge in [0.1, 0.15) is 0 Å². The zero-order valence-corrected chi connectivity index (χ0v) is 11.6. The number of β-amino-alcohol motifs (C(OH)–C–C–N with tert-alkyl or cyclic N) is 1. The second-order valence-corrected chi connectivity index (χ2v) is 5.16. The van der Waals surface area contributed by atoms with Crippen molar-refractivity contribution in [1.29, 1.82) is 0 Å². The molecule has 0 radical (unpaired) electrons. The number of amides is 1. The van der Waals surface area contributed by atoms with Crippen molar-refractivity contribution in [2.45, 2.75) is 24.8 Å². The standard InChI is InChI=1S/C15H16F3NO3/c16-15(17,18)11-4-1-10(2-5-11)3-6-14(22)19-8-7-12(20)13(21)9-19/h1-6,12-13,20-21H,7-9H2/b6-3+/t12-,13+/m1/s1. The highest BCUT2D eigenvalue weighted by Gasteiger charge is 2.30. The highest BCUT2D eigenvalue weighted by molar-refractivity contribution is 5.91. The number of hydrogen-bond acceptors (Lipinski definition) is 3. The SMILES string of the molecule is O=C(/C=C/c1ccc(C(F)(F)F)cc1)N1CC[C@@H](O)[C@@H](O)C1. The minimum Gasteiger partial charge on any atom is -0.390 e. The predicted octanol–water partition coefficient (Wildman–Crippen LogP) is 1.67. The van der Waals surface area contributed by atoms with Crippen molar-refractivity contribution in [2.24, 2.45) is 0 Å². The van der Waals surface area contributed by atoms with E-state index < -0.39 is 23.9 Å². The molecule has 1 saturated heterocycles. The maximum Gasteiger partial charge on any atom is 0.416 e. The lowest BCUT2D eigenvalue weighted by Crippen LogP contribution is -2.48. The molecule has 0 saturated carbocycles. The average molecular weight is 315 g/mol. The second kappa shape index (κ2) is 6.50. The largest absolute Gasteiger partial charge is 0.416 e. The van der Waals surface area contributed by atoms with Crippen LogP contribution in [0.25, 0.3) is 6.08 Å². The molecule has 1 heterocycles. The molecule has 120 valence electrons. The Morgan fingerprint density at radius 1 is 1.18 bits per heavy atom. The summed E-state index contributed by atoms with van der Waals surface area (Å²) in [7, 11) is 0. The molecule has 2 N–H and O–H groups in total. The van der Waals surface area contributed by atoms with Crippen molar-refractivity contribution in [2.75, 3.05) is 13.1 Å². The van der Waals surface area contributed by atoms with Crippen LogP contribution in [0.4, 0.5) is 13.2 Å². The zero-order chi connectivity index (χ0) is 16.3. The molecule has 4 nitrogen and oxygen atoms in total. The van der Waals surface area contributed by atoms with Crippen LogP contribution in [0.15, 0.2) is 30.3 Å². The third-order valence-corrected chi connectivity index (χ3v) is 3.51. The second-order valence-electron chi connectivity index (χ2n) is 5.16. The fraction of sp³-hybridized carbons (Fsp3) is 0.400. The van der Waals surface area contributed by atoms with E-state index in [0.717, 1.165) is 12.1 Å². The third-order valence-electron chi connectivity index (χ3n) is 3.51. The molecule has 2 rings (SSSR count). The van der Waals surface area contributed by atoms with Crippen molar-refractivity contribution in [3.8, 4) is 0 Å². The topological polar surface area (TPSA) is 60.8 Å². The van der Waals surface area contributed by atoms with Crippen LogP contribution in [-0.2, 0) is 11.0 Å². The molecule has 0 spiro atoms. The maximum atomic E-state index is 12.4. The first-order chi connectivity index (χ1) is 10.3. The van der Waals surface area contributed by atoms with Crippen molar-refractivity contribution >= 4 is 12.0 Å². The molecule has 1 aromatic carbocycles. The predicted molar refractivity (Wildman–Crippen MR) is 73.7 cm³/mol. The van der Waals surface area contributed by atoms with E-state index in [4.69, 9.17) is 0 Å². The lowest BCUT2D eigenvalue weighted by molar-refractivity contribution is -0.137. The molecule has 1 aromatic rings. The van der Waals surface area contributed by atoms with Crippen LogP contribution in [0, 0.1) is 0 Å². The van der Waals surface area contributed by atoms with Gasteiger partial charge in [0.2, 0.25) is 5.91 Å². The number of alkyl halides is 3. The van der Waals surface area contributed by atoms with Gasteiger partial charge in [0.25, 0.3) is 0 Å². The van der Waals surface area contributed by atoms with E-state index in [0.29, 0.717) is 18.5 Å². The van der Waals surface area contributed by atoms with Crippen molar-refractivity contribution in [3.05, 3.63) is 41.5 Å². The van der Waals surface area contributed by atoms with Crippen LogP contribution in [-0.4, -0.2) is 46.3 Å². The van der Waals surface area contributed by atoms with E-state index in [1.165, 1.54) is 29.2 Å². The molecule has 2 atom stereocenters. The molecule has 1 fully saturated rings. The van der Waals surface area contributed by atoms with Gasteiger partial charge in [-0.15, -0.1) is 0 Å². The maximum absolute atomic E-state index is 12.4. The Balaban J connectivity index is 1.98. The molecule has 7 heteroatoms. The molecular formula is C15H16F3NO3. The molecule has 1 amide bonds. The normalized spacial score (nSPS) is 23.0. The van der Waals surface area contributed by atoms with Gasteiger partial charge in [-0.25, -0.2) is 0 Å². The summed E-state index contributed by atoms with van der Waals surface area (Å²) >= 11 is 0. The first kappa shape index (κ1) is 16.5. The van der Waals surface area contributed by atoms with Crippen LogP contribution in [0.3, 0.4) is 0 Å². The lowest BCUT2D eigenvalue weighted by Gasteiger charge is -2.32. The lowest BCUT2D eigenvalue weighted by atomic mass is 10.0. The smallest absolute Gasteiger partial charge is 0.390 e. The van der Waals surface area contributed by atoms with Crippen molar-refractivity contribution in [1.82, 2.24) is 4.90 Å². The van der Waals surface area contributed by atoms with Gasteiger partial charge in [-0.05, 0) is 30.2 Å². The molecule has 0 aromatic heterocycles. The average Bonchev–Trinajstić information content (AvgIpc) is 2.47. The minimum atomic E-state index is -4.39. The first-order valence-electron chi connectivity index (χ1n) is 6.78. The number of aliphatic hydroxyl groups is 2. The molecule has 0 unspecified atom stereocenters. The van der Waals surface area contributed by atoms with Gasteiger partial charge in [0.15, 0.2) is 0 Å². The molecule has 0 aliphatic carbocycles. The number of aliphatic hydroxyl groups excluding tert-OH is 2. The highest BCUT2D eigenvalue weighted by atomic mass is 19.4. The highest BCUT2D eigenvalue weighted by Crippen LogP contribution is 2.29. The fourth-order valence-corrected chi connectivity index (χ4v) is 2.18. The van der Waals surface area contributed by atoms with Crippen LogP contribution in [0.5, 0.6) is 0 Å². The van der Waals surface area contributed by atoms with E-state index in [-0.39, 0.29) is 12.5 Å². The number of rotatable bonds is 2. The van der Waals surface area contributed by atoms with E-state index >= 15 is 0 Å². The van der Waals surface area contributed by atoms with E-state index in [2.05, 4.69) is 0 Å². The summed E-state index contributed by atoms with van der Waals surface area (Å²) in [4.78, 5) is 13.3. The van der Waals surface area contributed by atoms with Gasteiger partial charge in [-0.2, -0.15) is 13.2 Å². The third kappa shape index (κ3) is 4.08. The monoisotopic (exact) mass is 315 g/mol. The summed E-state index contributed by atoms with van der Waals surface area (Å²) < 4.78 is 37.3. The summed E-state index contributed by atoms with van der Waals surface area (Å²) in [5.74, 6) is -0.356. The molecule has 1 aliphatic rings. The quantitative estimate of drug-likeness (QED) is 0.816. The van der Waals surface area contributed by atoms with Crippen LogP contribution in [0.2, 0.25) is 0 Å².